The van der Waals surface area contributed by atoms with E-state index in [1.54, 1.807) is 17.2 Å². The number of aromatic nitrogens is 1. The number of nitrogens with zero attached hydrogens (tertiary/aromatic N) is 4. The minimum atomic E-state index is -0.168. The summed E-state index contributed by atoms with van der Waals surface area (Å²) >= 11 is 12.2. The molecule has 0 radical (unpaired) electrons. The molecule has 1 aromatic heterocycles. The van der Waals surface area contributed by atoms with Gasteiger partial charge in [-0.2, -0.15) is 0 Å². The highest BCUT2D eigenvalue weighted by atomic mass is 35.5. The third-order valence-electron chi connectivity index (χ3n) is 5.76. The summed E-state index contributed by atoms with van der Waals surface area (Å²) in [6, 6.07) is 10.9. The van der Waals surface area contributed by atoms with Gasteiger partial charge in [0, 0.05) is 51.2 Å². The highest BCUT2D eigenvalue weighted by molar-refractivity contribution is 6.36. The van der Waals surface area contributed by atoms with Gasteiger partial charge in [0.05, 0.1) is 16.0 Å². The molecule has 0 saturated carbocycles. The fourth-order valence-electron chi connectivity index (χ4n) is 4.12. The number of likely N-dealkylation sites (tertiary alicyclic amines) is 1. The van der Waals surface area contributed by atoms with Gasteiger partial charge in [-0.05, 0) is 31.0 Å². The molecule has 1 aromatic carbocycles. The zero-order chi connectivity index (χ0) is 21.8. The van der Waals surface area contributed by atoms with E-state index in [9.17, 15) is 9.59 Å². The first-order chi connectivity index (χ1) is 15.0. The van der Waals surface area contributed by atoms with Crippen molar-refractivity contribution in [3.63, 3.8) is 0 Å². The summed E-state index contributed by atoms with van der Waals surface area (Å²) in [7, 11) is 0. The average molecular weight is 462 g/mol. The highest BCUT2D eigenvalue weighted by Gasteiger charge is 2.33. The monoisotopic (exact) mass is 461 g/mol. The van der Waals surface area contributed by atoms with Gasteiger partial charge in [-0.1, -0.05) is 41.4 Å². The number of para-hydroxylation sites is 1. The van der Waals surface area contributed by atoms with E-state index in [1.807, 2.05) is 35.2 Å². The number of amides is 3. The van der Waals surface area contributed by atoms with Crippen LogP contribution >= 0.6 is 23.2 Å². The van der Waals surface area contributed by atoms with Gasteiger partial charge in [-0.15, -0.1) is 0 Å². The Balaban J connectivity index is 1.31. The van der Waals surface area contributed by atoms with Crippen molar-refractivity contribution in [3.05, 3.63) is 52.6 Å². The van der Waals surface area contributed by atoms with Crippen molar-refractivity contribution < 1.29 is 9.59 Å². The molecule has 3 amide bonds. The van der Waals surface area contributed by atoms with Crippen LogP contribution in [0, 0.1) is 5.92 Å². The Hall–Kier alpha value is -2.51. The Bertz CT molecular complexity index is 935. The van der Waals surface area contributed by atoms with Crippen LogP contribution < -0.4 is 10.2 Å². The predicted octanol–water partition coefficient (Wildman–Crippen LogP) is 3.98. The molecular formula is C22H25Cl2N5O2. The molecule has 0 bridgehead atoms. The predicted molar refractivity (Wildman–Crippen MR) is 123 cm³/mol. The van der Waals surface area contributed by atoms with Gasteiger partial charge >= 0.3 is 6.03 Å². The van der Waals surface area contributed by atoms with Crippen molar-refractivity contribution in [1.82, 2.24) is 14.8 Å². The molecule has 7 nitrogen and oxygen atoms in total. The minimum Gasteiger partial charge on any atom is -0.352 e. The molecular weight excluding hydrogens is 437 g/mol. The van der Waals surface area contributed by atoms with Crippen molar-refractivity contribution in [2.45, 2.75) is 12.8 Å². The topological polar surface area (TPSA) is 68.8 Å². The number of nitrogens with one attached hydrogen (secondary N) is 1. The largest absolute Gasteiger partial charge is 0.352 e. The van der Waals surface area contributed by atoms with E-state index >= 15 is 0 Å². The lowest BCUT2D eigenvalue weighted by atomic mass is 9.96. The van der Waals surface area contributed by atoms with Crippen molar-refractivity contribution in [2.75, 3.05) is 49.5 Å². The summed E-state index contributed by atoms with van der Waals surface area (Å²) in [5.41, 5.74) is 0.756. The standard InChI is InChI=1S/C22H25Cl2N5O2/c23-17-13-19(24)20(25-14-17)27-9-11-28(12-10-27)21(30)16-5-4-8-29(15-16)22(31)26-18-6-2-1-3-7-18/h1-3,6-7,13-14,16H,4-5,8-12,15H2,(H,26,31). The molecule has 2 aliphatic heterocycles. The number of carbonyl (C=O) groups excluding carboxylic acids is 2. The van der Waals surface area contributed by atoms with E-state index in [0.717, 1.165) is 18.5 Å². The molecule has 0 aliphatic carbocycles. The van der Waals surface area contributed by atoms with E-state index < -0.39 is 0 Å². The summed E-state index contributed by atoms with van der Waals surface area (Å²) in [5.74, 6) is 0.644. The van der Waals surface area contributed by atoms with Crippen molar-refractivity contribution in [1.29, 1.82) is 0 Å². The number of piperazine rings is 1. The number of hydrogen-bond donors (Lipinski definition) is 1. The second-order valence-electron chi connectivity index (χ2n) is 7.85. The number of carbonyl (C=O) groups is 2. The number of hydrogen-bond acceptors (Lipinski definition) is 4. The fraction of sp³-hybridized carbons (Fsp3) is 0.409. The molecule has 164 valence electrons. The highest BCUT2D eigenvalue weighted by Crippen LogP contribution is 2.27. The number of benzene rings is 1. The van der Waals surface area contributed by atoms with Crippen LogP contribution in [0.1, 0.15) is 12.8 Å². The summed E-state index contributed by atoms with van der Waals surface area (Å²) in [4.78, 5) is 35.8. The first kappa shape index (κ1) is 21.7. The molecule has 2 aliphatic rings. The number of rotatable bonds is 3. The number of halogens is 2. The fourth-order valence-corrected chi connectivity index (χ4v) is 4.62. The second-order valence-corrected chi connectivity index (χ2v) is 8.70. The van der Waals surface area contributed by atoms with Crippen molar-refractivity contribution in [3.8, 4) is 0 Å². The van der Waals surface area contributed by atoms with E-state index in [4.69, 9.17) is 23.2 Å². The molecule has 2 aromatic rings. The number of pyridine rings is 1. The normalized spacial score (nSPS) is 19.3. The van der Waals surface area contributed by atoms with Gasteiger partial charge in [0.15, 0.2) is 0 Å². The molecule has 1 unspecified atom stereocenters. The van der Waals surface area contributed by atoms with Gasteiger partial charge in [0.2, 0.25) is 5.91 Å². The molecule has 0 spiro atoms. The van der Waals surface area contributed by atoms with Crippen LogP contribution in [0.3, 0.4) is 0 Å². The lowest BCUT2D eigenvalue weighted by Gasteiger charge is -2.39. The zero-order valence-corrected chi connectivity index (χ0v) is 18.6. The molecule has 1 atom stereocenters. The summed E-state index contributed by atoms with van der Waals surface area (Å²) in [6.45, 7) is 3.63. The summed E-state index contributed by atoms with van der Waals surface area (Å²) in [6.07, 6.45) is 3.21. The van der Waals surface area contributed by atoms with Crippen LogP contribution in [0.2, 0.25) is 10.0 Å². The molecule has 1 N–H and O–H groups in total. The maximum absolute atomic E-state index is 13.1. The van der Waals surface area contributed by atoms with E-state index in [-0.39, 0.29) is 17.9 Å². The molecule has 31 heavy (non-hydrogen) atoms. The Labute approximate surface area is 191 Å². The average Bonchev–Trinajstić information content (AvgIpc) is 2.79. The second kappa shape index (κ2) is 9.75. The van der Waals surface area contributed by atoms with Gasteiger partial charge in [-0.25, -0.2) is 9.78 Å². The third kappa shape index (κ3) is 5.22. The summed E-state index contributed by atoms with van der Waals surface area (Å²) < 4.78 is 0. The molecule has 2 saturated heterocycles. The van der Waals surface area contributed by atoms with Crippen LogP contribution in [0.5, 0.6) is 0 Å². The molecule has 2 fully saturated rings. The smallest absolute Gasteiger partial charge is 0.321 e. The Kier molecular flexibility index (Phi) is 6.83. The Morgan fingerprint density at radius 3 is 2.45 bits per heavy atom. The van der Waals surface area contributed by atoms with Gasteiger partial charge < -0.3 is 20.0 Å². The van der Waals surface area contributed by atoms with Gasteiger partial charge in [0.25, 0.3) is 0 Å². The zero-order valence-electron chi connectivity index (χ0n) is 17.1. The van der Waals surface area contributed by atoms with E-state index in [2.05, 4.69) is 15.2 Å². The SMILES string of the molecule is O=C(Nc1ccccc1)N1CCCC(C(=O)N2CCN(c3ncc(Cl)cc3Cl)CC2)C1. The van der Waals surface area contributed by atoms with Crippen LogP contribution in [-0.4, -0.2) is 66.0 Å². The number of anilines is 2. The third-order valence-corrected chi connectivity index (χ3v) is 6.25. The van der Waals surface area contributed by atoms with Gasteiger partial charge in [-0.3, -0.25) is 4.79 Å². The van der Waals surface area contributed by atoms with Crippen molar-refractivity contribution >= 4 is 46.6 Å². The first-order valence-electron chi connectivity index (χ1n) is 10.5. The lowest BCUT2D eigenvalue weighted by Crippen LogP contribution is -2.53. The number of urea groups is 1. The first-order valence-corrected chi connectivity index (χ1v) is 11.2. The number of piperidine rings is 1. The van der Waals surface area contributed by atoms with Crippen LogP contribution in [-0.2, 0) is 4.79 Å². The lowest BCUT2D eigenvalue weighted by molar-refractivity contribution is -0.137. The molecule has 9 heteroatoms. The van der Waals surface area contributed by atoms with E-state index in [1.165, 1.54) is 0 Å². The van der Waals surface area contributed by atoms with E-state index in [0.29, 0.717) is 55.1 Å². The Morgan fingerprint density at radius 1 is 1.00 bits per heavy atom. The van der Waals surface area contributed by atoms with Crippen LogP contribution in [0.25, 0.3) is 0 Å². The van der Waals surface area contributed by atoms with Gasteiger partial charge in [0.1, 0.15) is 5.82 Å². The van der Waals surface area contributed by atoms with Crippen molar-refractivity contribution in [2.24, 2.45) is 5.92 Å². The minimum absolute atomic E-state index is 0.118. The maximum Gasteiger partial charge on any atom is 0.321 e. The van der Waals surface area contributed by atoms with Crippen LogP contribution in [0.4, 0.5) is 16.3 Å². The van der Waals surface area contributed by atoms with Crippen LogP contribution in [0.15, 0.2) is 42.6 Å². The Morgan fingerprint density at radius 2 is 1.74 bits per heavy atom. The molecule has 4 rings (SSSR count). The summed E-state index contributed by atoms with van der Waals surface area (Å²) in [5, 5.41) is 3.92. The maximum atomic E-state index is 13.1. The molecule has 3 heterocycles. The quantitative estimate of drug-likeness (QED) is 0.750.